The first kappa shape index (κ1) is 18.7. The van der Waals surface area contributed by atoms with Gasteiger partial charge in [0.15, 0.2) is 0 Å². The molecule has 2 aromatic heterocycles. The summed E-state index contributed by atoms with van der Waals surface area (Å²) in [5.41, 5.74) is 2.05. The van der Waals surface area contributed by atoms with Crippen LogP contribution in [0.2, 0.25) is 0 Å². The van der Waals surface area contributed by atoms with Crippen LogP contribution >= 0.6 is 0 Å². The van der Waals surface area contributed by atoms with Crippen molar-refractivity contribution < 1.29 is 13.6 Å². The summed E-state index contributed by atoms with van der Waals surface area (Å²) in [6.07, 6.45) is 1.47. The molecule has 1 amide bonds. The molecule has 0 atom stereocenters. The molecule has 5 rings (SSSR count). The number of nitrogens with zero attached hydrogens (tertiary/aromatic N) is 2. The summed E-state index contributed by atoms with van der Waals surface area (Å²) in [7, 11) is 0. The zero-order valence-corrected chi connectivity index (χ0v) is 15.9. The second kappa shape index (κ2) is 7.17. The van der Waals surface area contributed by atoms with Gasteiger partial charge in [-0.15, -0.1) is 0 Å². The number of carbonyl (C=O) groups excluding carboxylic acids is 1. The fourth-order valence-corrected chi connectivity index (χ4v) is 3.41. The van der Waals surface area contributed by atoms with Crippen molar-refractivity contribution in [3.05, 3.63) is 100 Å². The van der Waals surface area contributed by atoms with Crippen LogP contribution in [0.25, 0.3) is 27.5 Å². The Labute approximate surface area is 173 Å². The molecular weight excluding hydrogens is 402 g/mol. The molecule has 0 aliphatic heterocycles. The summed E-state index contributed by atoms with van der Waals surface area (Å²) < 4.78 is 27.6. The number of aromatic amines is 1. The minimum atomic E-state index is -0.406. The van der Waals surface area contributed by atoms with Crippen LogP contribution < -0.4 is 10.9 Å². The van der Waals surface area contributed by atoms with Gasteiger partial charge in [0.05, 0.1) is 22.1 Å². The fourth-order valence-electron chi connectivity index (χ4n) is 3.41. The topological polar surface area (TPSA) is 79.8 Å². The first-order valence-electron chi connectivity index (χ1n) is 9.36. The molecule has 0 saturated carbocycles. The van der Waals surface area contributed by atoms with Gasteiger partial charge in [0.25, 0.3) is 11.5 Å². The summed E-state index contributed by atoms with van der Waals surface area (Å²) in [6.45, 7) is 0. The largest absolute Gasteiger partial charge is 0.322 e. The standard InChI is InChI=1S/C23H14F2N4O2/c24-14-2-6-16(7-3-14)27-22(30)13-1-10-20-18(11-13)21-19(12-26-20)23(31)29(28-21)17-8-4-15(25)5-9-17/h1-12,28H,(H,27,30). The number of benzene rings is 3. The lowest BCUT2D eigenvalue weighted by molar-refractivity contribution is 0.102. The molecule has 8 heteroatoms. The molecule has 6 nitrogen and oxygen atoms in total. The highest BCUT2D eigenvalue weighted by Gasteiger charge is 2.14. The van der Waals surface area contributed by atoms with Crippen molar-refractivity contribution >= 4 is 33.4 Å². The van der Waals surface area contributed by atoms with Crippen LogP contribution in [0.3, 0.4) is 0 Å². The lowest BCUT2D eigenvalue weighted by atomic mass is 10.1. The van der Waals surface area contributed by atoms with Gasteiger partial charge in [-0.05, 0) is 66.7 Å². The van der Waals surface area contributed by atoms with Crippen LogP contribution in [0, 0.1) is 11.6 Å². The Balaban J connectivity index is 1.60. The van der Waals surface area contributed by atoms with Crippen LogP contribution in [0.1, 0.15) is 10.4 Å². The third-order valence-corrected chi connectivity index (χ3v) is 4.97. The van der Waals surface area contributed by atoms with Crippen molar-refractivity contribution in [3.8, 4) is 5.69 Å². The molecule has 2 N–H and O–H groups in total. The van der Waals surface area contributed by atoms with E-state index in [1.807, 2.05) is 0 Å². The van der Waals surface area contributed by atoms with E-state index in [4.69, 9.17) is 0 Å². The first-order valence-corrected chi connectivity index (χ1v) is 9.36. The molecule has 0 fully saturated rings. The molecule has 5 aromatic rings. The van der Waals surface area contributed by atoms with E-state index in [9.17, 15) is 18.4 Å². The lowest BCUT2D eigenvalue weighted by Crippen LogP contribution is -2.14. The zero-order valence-electron chi connectivity index (χ0n) is 15.9. The molecule has 0 radical (unpaired) electrons. The highest BCUT2D eigenvalue weighted by Crippen LogP contribution is 2.23. The number of amides is 1. The molecule has 152 valence electrons. The molecule has 31 heavy (non-hydrogen) atoms. The number of hydrogen-bond acceptors (Lipinski definition) is 3. The predicted molar refractivity (Wildman–Crippen MR) is 114 cm³/mol. The highest BCUT2D eigenvalue weighted by molar-refractivity contribution is 6.10. The number of halogens is 2. The maximum absolute atomic E-state index is 13.2. The Kier molecular flexibility index (Phi) is 4.32. The minimum Gasteiger partial charge on any atom is -0.322 e. The van der Waals surface area contributed by atoms with E-state index < -0.39 is 11.6 Å². The number of pyridine rings is 1. The van der Waals surface area contributed by atoms with Gasteiger partial charge in [-0.25, -0.2) is 13.5 Å². The Morgan fingerprint density at radius 3 is 2.29 bits per heavy atom. The van der Waals surface area contributed by atoms with Gasteiger partial charge in [-0.1, -0.05) is 0 Å². The number of fused-ring (bicyclic) bond motifs is 3. The van der Waals surface area contributed by atoms with Gasteiger partial charge in [-0.3, -0.25) is 19.7 Å². The highest BCUT2D eigenvalue weighted by atomic mass is 19.1. The minimum absolute atomic E-state index is 0.336. The quantitative estimate of drug-likeness (QED) is 0.458. The Hall–Kier alpha value is -4.33. The van der Waals surface area contributed by atoms with Crippen molar-refractivity contribution in [2.75, 3.05) is 5.32 Å². The van der Waals surface area contributed by atoms with E-state index in [0.29, 0.717) is 38.7 Å². The van der Waals surface area contributed by atoms with Gasteiger partial charge < -0.3 is 5.32 Å². The fraction of sp³-hybridized carbons (Fsp3) is 0. The molecule has 0 saturated heterocycles. The molecule has 3 aromatic carbocycles. The maximum atomic E-state index is 13.2. The van der Waals surface area contributed by atoms with Gasteiger partial charge in [0.1, 0.15) is 11.6 Å². The summed E-state index contributed by atoms with van der Waals surface area (Å²) >= 11 is 0. The van der Waals surface area contributed by atoms with Crippen molar-refractivity contribution in [1.82, 2.24) is 14.8 Å². The monoisotopic (exact) mass is 416 g/mol. The summed E-state index contributed by atoms with van der Waals surface area (Å²) in [6, 6.07) is 15.9. The van der Waals surface area contributed by atoms with Crippen molar-refractivity contribution in [3.63, 3.8) is 0 Å². The molecule has 0 bridgehead atoms. The van der Waals surface area contributed by atoms with E-state index in [1.54, 1.807) is 18.2 Å². The second-order valence-corrected chi connectivity index (χ2v) is 6.97. The zero-order chi connectivity index (χ0) is 21.5. The number of nitrogens with one attached hydrogen (secondary N) is 2. The van der Waals surface area contributed by atoms with E-state index in [1.165, 1.54) is 59.4 Å². The van der Waals surface area contributed by atoms with Crippen LogP contribution in [0.15, 0.2) is 77.7 Å². The molecule has 0 spiro atoms. The predicted octanol–water partition coefficient (Wildman–Crippen LogP) is 4.40. The molecule has 0 aliphatic carbocycles. The van der Waals surface area contributed by atoms with Crippen LogP contribution in [0.4, 0.5) is 14.5 Å². The van der Waals surface area contributed by atoms with Gasteiger partial charge in [-0.2, -0.15) is 0 Å². The summed E-state index contributed by atoms with van der Waals surface area (Å²) in [5.74, 6) is -1.19. The first-order chi connectivity index (χ1) is 15.0. The Morgan fingerprint density at radius 2 is 1.58 bits per heavy atom. The van der Waals surface area contributed by atoms with Gasteiger partial charge in [0.2, 0.25) is 0 Å². The SMILES string of the molecule is O=C(Nc1ccc(F)cc1)c1ccc2ncc3c(=O)n(-c4ccc(F)cc4)[nH]c3c2c1. The Bertz CT molecular complexity index is 1500. The second-order valence-electron chi connectivity index (χ2n) is 6.97. The van der Waals surface area contributed by atoms with Gasteiger partial charge in [0, 0.05) is 22.8 Å². The molecule has 0 unspecified atom stereocenters. The Morgan fingerprint density at radius 1 is 0.903 bits per heavy atom. The number of aromatic nitrogens is 3. The maximum Gasteiger partial charge on any atom is 0.280 e. The van der Waals surface area contributed by atoms with E-state index in [-0.39, 0.29) is 11.5 Å². The van der Waals surface area contributed by atoms with Crippen LogP contribution in [-0.4, -0.2) is 20.7 Å². The van der Waals surface area contributed by atoms with Crippen molar-refractivity contribution in [2.24, 2.45) is 0 Å². The number of anilines is 1. The van der Waals surface area contributed by atoms with Crippen LogP contribution in [0.5, 0.6) is 0 Å². The average molecular weight is 416 g/mol. The normalized spacial score (nSPS) is 11.2. The third kappa shape index (κ3) is 3.33. The average Bonchev–Trinajstić information content (AvgIpc) is 3.12. The third-order valence-electron chi connectivity index (χ3n) is 4.97. The van der Waals surface area contributed by atoms with E-state index in [0.717, 1.165) is 0 Å². The number of carbonyl (C=O) groups is 1. The lowest BCUT2D eigenvalue weighted by Gasteiger charge is -2.06. The van der Waals surface area contributed by atoms with E-state index in [2.05, 4.69) is 15.4 Å². The number of rotatable bonds is 3. The van der Waals surface area contributed by atoms with Crippen LogP contribution in [-0.2, 0) is 0 Å². The molecule has 0 aliphatic rings. The molecular formula is C23H14F2N4O2. The summed E-state index contributed by atoms with van der Waals surface area (Å²) in [5, 5.41) is 6.67. The summed E-state index contributed by atoms with van der Waals surface area (Å²) in [4.78, 5) is 29.8. The van der Waals surface area contributed by atoms with Gasteiger partial charge >= 0.3 is 0 Å². The van der Waals surface area contributed by atoms with Crippen molar-refractivity contribution in [2.45, 2.75) is 0 Å². The number of H-pyrrole nitrogens is 1. The van der Waals surface area contributed by atoms with Crippen molar-refractivity contribution in [1.29, 1.82) is 0 Å². The number of hydrogen-bond donors (Lipinski definition) is 2. The molecule has 2 heterocycles. The smallest absolute Gasteiger partial charge is 0.280 e. The van der Waals surface area contributed by atoms with E-state index >= 15 is 0 Å².